The first-order valence-electron chi connectivity index (χ1n) is 10.2. The van der Waals surface area contributed by atoms with Crippen molar-refractivity contribution in [3.8, 4) is 0 Å². The molecule has 1 atom stereocenters. The molecule has 1 aliphatic rings. The van der Waals surface area contributed by atoms with Gasteiger partial charge < -0.3 is 15.0 Å². The van der Waals surface area contributed by atoms with Crippen LogP contribution in [0.3, 0.4) is 0 Å². The van der Waals surface area contributed by atoms with E-state index in [2.05, 4.69) is 51.6 Å². The number of hydrogen-bond donors (Lipinski definition) is 1. The molecular weight excluding hydrogens is 382 g/mol. The summed E-state index contributed by atoms with van der Waals surface area (Å²) in [6.07, 6.45) is 3.94. The molecule has 3 heterocycles. The number of aromatic nitrogens is 1. The van der Waals surface area contributed by atoms with Crippen molar-refractivity contribution in [1.82, 2.24) is 15.2 Å². The maximum absolute atomic E-state index is 12.9. The average Bonchev–Trinajstić information content (AvgIpc) is 3.37. The van der Waals surface area contributed by atoms with E-state index in [0.717, 1.165) is 47.6 Å². The molecule has 1 N–H and O–H groups in total. The highest BCUT2D eigenvalue weighted by atomic mass is 32.1. The molecule has 1 aliphatic heterocycles. The molecule has 2 aromatic heterocycles. The van der Waals surface area contributed by atoms with Crippen molar-refractivity contribution in [3.05, 3.63) is 64.7 Å². The van der Waals surface area contributed by atoms with Crippen LogP contribution in [0.25, 0.3) is 10.2 Å². The van der Waals surface area contributed by atoms with E-state index in [1.165, 1.54) is 22.5 Å². The van der Waals surface area contributed by atoms with Gasteiger partial charge in [0, 0.05) is 44.2 Å². The summed E-state index contributed by atoms with van der Waals surface area (Å²) in [5.41, 5.74) is 2.55. The van der Waals surface area contributed by atoms with E-state index in [4.69, 9.17) is 4.74 Å². The van der Waals surface area contributed by atoms with E-state index in [1.54, 1.807) is 13.3 Å². The number of benzene rings is 1. The van der Waals surface area contributed by atoms with Gasteiger partial charge >= 0.3 is 0 Å². The zero-order valence-electron chi connectivity index (χ0n) is 16.8. The van der Waals surface area contributed by atoms with E-state index < -0.39 is 0 Å². The normalized spacial score (nSPS) is 17.1. The summed E-state index contributed by atoms with van der Waals surface area (Å²) in [5, 5.41) is 4.12. The summed E-state index contributed by atoms with van der Waals surface area (Å²) < 4.78 is 5.06. The summed E-state index contributed by atoms with van der Waals surface area (Å²) in [5.74, 6) is 0.356. The molecule has 6 heteroatoms. The fourth-order valence-corrected chi connectivity index (χ4v) is 5.22. The Morgan fingerprint density at radius 3 is 2.97 bits per heavy atom. The number of pyridine rings is 1. The molecule has 4 rings (SSSR count). The molecule has 1 fully saturated rings. The number of nitrogens with zero attached hydrogens (tertiary/aromatic N) is 2. The second-order valence-electron chi connectivity index (χ2n) is 7.47. The largest absolute Gasteiger partial charge is 0.383 e. The van der Waals surface area contributed by atoms with E-state index >= 15 is 0 Å². The number of rotatable bonds is 8. The third kappa shape index (κ3) is 4.66. The topological polar surface area (TPSA) is 54.5 Å². The van der Waals surface area contributed by atoms with Crippen LogP contribution >= 0.6 is 11.3 Å². The Labute approximate surface area is 175 Å². The molecule has 0 aliphatic carbocycles. The molecule has 0 spiro atoms. The number of likely N-dealkylation sites (tertiary alicyclic amines) is 1. The maximum atomic E-state index is 12.9. The molecule has 0 radical (unpaired) electrons. The molecular formula is C23H27N3O2S. The molecule has 0 unspecified atom stereocenters. The van der Waals surface area contributed by atoms with Crippen molar-refractivity contribution in [2.45, 2.75) is 18.8 Å². The fourth-order valence-electron chi connectivity index (χ4n) is 4.08. The van der Waals surface area contributed by atoms with Crippen molar-refractivity contribution >= 4 is 27.5 Å². The third-order valence-electron chi connectivity index (χ3n) is 5.54. The lowest BCUT2D eigenvalue weighted by Crippen LogP contribution is -2.27. The van der Waals surface area contributed by atoms with Gasteiger partial charge in [0.25, 0.3) is 5.91 Å². The van der Waals surface area contributed by atoms with Crippen LogP contribution in [0.15, 0.2) is 48.7 Å². The number of amides is 1. The first-order chi connectivity index (χ1) is 14.3. The zero-order chi connectivity index (χ0) is 20.1. The lowest BCUT2D eigenvalue weighted by molar-refractivity contribution is 0.0940. The van der Waals surface area contributed by atoms with Crippen LogP contribution in [-0.2, 0) is 11.2 Å². The predicted molar refractivity (Wildman–Crippen MR) is 118 cm³/mol. The lowest BCUT2D eigenvalue weighted by atomic mass is 9.95. The summed E-state index contributed by atoms with van der Waals surface area (Å²) in [6.45, 7) is 4.15. The molecule has 1 saturated heterocycles. The first kappa shape index (κ1) is 20.0. The molecule has 0 saturated carbocycles. The van der Waals surface area contributed by atoms with E-state index in [-0.39, 0.29) is 5.91 Å². The van der Waals surface area contributed by atoms with Gasteiger partial charge in [0.2, 0.25) is 0 Å². The SMILES string of the molecule is COCCNC(=O)c1sc2ncccc2c1[C@@H]1CCN(CCc2ccccc2)C1. The van der Waals surface area contributed by atoms with Gasteiger partial charge in [-0.3, -0.25) is 4.79 Å². The van der Waals surface area contributed by atoms with Gasteiger partial charge in [0.05, 0.1) is 11.5 Å². The van der Waals surface area contributed by atoms with Crippen molar-refractivity contribution in [2.24, 2.45) is 0 Å². The molecule has 152 valence electrons. The summed E-state index contributed by atoms with van der Waals surface area (Å²) in [7, 11) is 1.64. The fraction of sp³-hybridized carbons (Fsp3) is 0.391. The Bertz CT molecular complexity index is 957. The highest BCUT2D eigenvalue weighted by Crippen LogP contribution is 2.39. The van der Waals surface area contributed by atoms with Gasteiger partial charge in [0.1, 0.15) is 4.83 Å². The Kier molecular flexibility index (Phi) is 6.54. The summed E-state index contributed by atoms with van der Waals surface area (Å²) in [6, 6.07) is 14.7. The molecule has 29 heavy (non-hydrogen) atoms. The Hall–Kier alpha value is -2.28. The number of thiophene rings is 1. The third-order valence-corrected chi connectivity index (χ3v) is 6.67. The number of ether oxygens (including phenoxy) is 1. The van der Waals surface area contributed by atoms with Crippen LogP contribution in [0, 0.1) is 0 Å². The van der Waals surface area contributed by atoms with Gasteiger partial charge in [-0.1, -0.05) is 36.4 Å². The van der Waals surface area contributed by atoms with Crippen molar-refractivity contribution in [1.29, 1.82) is 0 Å². The lowest BCUT2D eigenvalue weighted by Gasteiger charge is -2.17. The van der Waals surface area contributed by atoms with E-state index in [0.29, 0.717) is 19.1 Å². The van der Waals surface area contributed by atoms with Gasteiger partial charge in [-0.2, -0.15) is 0 Å². The zero-order valence-corrected chi connectivity index (χ0v) is 17.6. The van der Waals surface area contributed by atoms with Gasteiger partial charge in [-0.25, -0.2) is 4.98 Å². The van der Waals surface area contributed by atoms with Crippen LogP contribution in [0.1, 0.15) is 33.1 Å². The minimum Gasteiger partial charge on any atom is -0.383 e. The van der Waals surface area contributed by atoms with Crippen LogP contribution in [0.2, 0.25) is 0 Å². The van der Waals surface area contributed by atoms with Gasteiger partial charge in [-0.05, 0) is 36.6 Å². The minimum atomic E-state index is -0.0113. The quantitative estimate of drug-likeness (QED) is 0.577. The molecule has 1 aromatic carbocycles. The highest BCUT2D eigenvalue weighted by Gasteiger charge is 2.30. The minimum absolute atomic E-state index is 0.0113. The van der Waals surface area contributed by atoms with Crippen molar-refractivity contribution < 1.29 is 9.53 Å². The van der Waals surface area contributed by atoms with Crippen LogP contribution < -0.4 is 5.32 Å². The molecule has 3 aromatic rings. The average molecular weight is 410 g/mol. The monoisotopic (exact) mass is 409 g/mol. The number of carbonyl (C=O) groups excluding carboxylic acids is 1. The number of fused-ring (bicyclic) bond motifs is 1. The summed E-state index contributed by atoms with van der Waals surface area (Å²) in [4.78, 5) is 21.6. The number of methoxy groups -OCH3 is 1. The standard InChI is InChI=1S/C23H27N3O2S/c1-28-15-12-24-22(27)21-20(19-8-5-11-25-23(19)29-21)18-10-14-26(16-18)13-9-17-6-3-2-4-7-17/h2-8,11,18H,9-10,12-16H2,1H3,(H,24,27)/t18-/m1/s1. The Balaban J connectivity index is 1.50. The number of carbonyl (C=O) groups is 1. The Morgan fingerprint density at radius 1 is 1.28 bits per heavy atom. The highest BCUT2D eigenvalue weighted by molar-refractivity contribution is 7.20. The van der Waals surface area contributed by atoms with E-state index in [9.17, 15) is 4.79 Å². The van der Waals surface area contributed by atoms with Gasteiger partial charge in [0.15, 0.2) is 0 Å². The number of nitrogens with one attached hydrogen (secondary N) is 1. The molecule has 0 bridgehead atoms. The molecule has 1 amide bonds. The van der Waals surface area contributed by atoms with Gasteiger partial charge in [-0.15, -0.1) is 11.3 Å². The number of hydrogen-bond acceptors (Lipinski definition) is 5. The Morgan fingerprint density at radius 2 is 2.14 bits per heavy atom. The first-order valence-corrected chi connectivity index (χ1v) is 11.0. The molecule has 5 nitrogen and oxygen atoms in total. The summed E-state index contributed by atoms with van der Waals surface area (Å²) >= 11 is 1.51. The smallest absolute Gasteiger partial charge is 0.261 e. The van der Waals surface area contributed by atoms with E-state index in [1.807, 2.05) is 6.07 Å². The second kappa shape index (κ2) is 9.48. The van der Waals surface area contributed by atoms with Crippen LogP contribution in [0.5, 0.6) is 0 Å². The second-order valence-corrected chi connectivity index (χ2v) is 8.47. The van der Waals surface area contributed by atoms with Crippen LogP contribution in [-0.4, -0.2) is 55.7 Å². The maximum Gasteiger partial charge on any atom is 0.261 e. The van der Waals surface area contributed by atoms with Crippen molar-refractivity contribution in [3.63, 3.8) is 0 Å². The predicted octanol–water partition coefficient (Wildman–Crippen LogP) is 3.70. The van der Waals surface area contributed by atoms with Crippen molar-refractivity contribution in [2.75, 3.05) is 39.9 Å². The van der Waals surface area contributed by atoms with Crippen LogP contribution in [0.4, 0.5) is 0 Å².